The standard InChI is InChI=1S/C19H20ClNO4/c1-2-25-17-9-7-16(8-10-17)21-19(24)14(12-18(22)23)11-13-3-5-15(20)6-4-13/h3-10,14H,2,11-12H2,1H3,(H,21,24)(H,22,23)/t14-/m1/s1. The van der Waals surface area contributed by atoms with Gasteiger partial charge in [0.05, 0.1) is 18.9 Å². The number of benzene rings is 2. The summed E-state index contributed by atoms with van der Waals surface area (Å²) in [7, 11) is 0. The second-order valence-electron chi connectivity index (χ2n) is 5.57. The highest BCUT2D eigenvalue weighted by Crippen LogP contribution is 2.20. The Labute approximate surface area is 151 Å². The number of carboxylic acid groups (broad SMARTS) is 1. The number of hydrogen-bond donors (Lipinski definition) is 2. The topological polar surface area (TPSA) is 75.6 Å². The van der Waals surface area contributed by atoms with Crippen LogP contribution in [-0.4, -0.2) is 23.6 Å². The van der Waals surface area contributed by atoms with Crippen LogP contribution in [0.4, 0.5) is 5.69 Å². The fourth-order valence-corrected chi connectivity index (χ4v) is 2.54. The molecule has 0 bridgehead atoms. The van der Waals surface area contributed by atoms with Gasteiger partial charge in [-0.25, -0.2) is 0 Å². The lowest BCUT2D eigenvalue weighted by Crippen LogP contribution is -2.27. The van der Waals surface area contributed by atoms with Crippen molar-refractivity contribution in [1.82, 2.24) is 0 Å². The molecular weight excluding hydrogens is 342 g/mol. The summed E-state index contributed by atoms with van der Waals surface area (Å²) in [5.41, 5.74) is 1.46. The van der Waals surface area contributed by atoms with Crippen molar-refractivity contribution in [2.75, 3.05) is 11.9 Å². The maximum absolute atomic E-state index is 12.5. The third-order valence-electron chi connectivity index (χ3n) is 3.62. The highest BCUT2D eigenvalue weighted by Gasteiger charge is 2.22. The van der Waals surface area contributed by atoms with E-state index in [2.05, 4.69) is 5.32 Å². The van der Waals surface area contributed by atoms with Gasteiger partial charge < -0.3 is 15.2 Å². The Kier molecular flexibility index (Phi) is 6.83. The number of rotatable bonds is 8. The maximum Gasteiger partial charge on any atom is 0.304 e. The van der Waals surface area contributed by atoms with Crippen molar-refractivity contribution < 1.29 is 19.4 Å². The van der Waals surface area contributed by atoms with Crippen molar-refractivity contribution in [3.05, 3.63) is 59.1 Å². The van der Waals surface area contributed by atoms with Crippen molar-refractivity contribution >= 4 is 29.2 Å². The van der Waals surface area contributed by atoms with Crippen molar-refractivity contribution in [2.45, 2.75) is 19.8 Å². The number of ether oxygens (including phenoxy) is 1. The van der Waals surface area contributed by atoms with Crippen molar-refractivity contribution in [2.24, 2.45) is 5.92 Å². The average Bonchev–Trinajstić information content (AvgIpc) is 2.58. The third kappa shape index (κ3) is 6.12. The summed E-state index contributed by atoms with van der Waals surface area (Å²) in [5.74, 6) is -1.31. The Balaban J connectivity index is 2.06. The van der Waals surface area contributed by atoms with Crippen LogP contribution in [0.2, 0.25) is 5.02 Å². The van der Waals surface area contributed by atoms with E-state index in [9.17, 15) is 9.59 Å². The summed E-state index contributed by atoms with van der Waals surface area (Å²) in [4.78, 5) is 23.6. The molecule has 2 rings (SSSR count). The zero-order chi connectivity index (χ0) is 18.2. The van der Waals surface area contributed by atoms with Gasteiger partial charge in [-0.3, -0.25) is 9.59 Å². The van der Waals surface area contributed by atoms with Crippen molar-refractivity contribution in [3.63, 3.8) is 0 Å². The van der Waals surface area contributed by atoms with E-state index in [1.54, 1.807) is 48.5 Å². The first kappa shape index (κ1) is 18.8. The first-order chi connectivity index (χ1) is 12.0. The number of anilines is 1. The molecule has 0 fully saturated rings. The molecule has 1 amide bonds. The molecule has 132 valence electrons. The lowest BCUT2D eigenvalue weighted by atomic mass is 9.95. The lowest BCUT2D eigenvalue weighted by molar-refractivity contribution is -0.140. The van der Waals surface area contributed by atoms with E-state index >= 15 is 0 Å². The lowest BCUT2D eigenvalue weighted by Gasteiger charge is -2.15. The van der Waals surface area contributed by atoms with Gasteiger partial charge in [0.1, 0.15) is 5.75 Å². The van der Waals surface area contributed by atoms with E-state index in [0.29, 0.717) is 29.5 Å². The number of halogens is 1. The Morgan fingerprint density at radius 2 is 1.76 bits per heavy atom. The zero-order valence-corrected chi connectivity index (χ0v) is 14.6. The molecular formula is C19H20ClNO4. The monoisotopic (exact) mass is 361 g/mol. The van der Waals surface area contributed by atoms with Crippen molar-refractivity contribution in [3.8, 4) is 5.75 Å². The zero-order valence-electron chi connectivity index (χ0n) is 13.9. The minimum absolute atomic E-state index is 0.245. The molecule has 25 heavy (non-hydrogen) atoms. The largest absolute Gasteiger partial charge is 0.494 e. The van der Waals surface area contributed by atoms with Gasteiger partial charge in [-0.05, 0) is 55.3 Å². The van der Waals surface area contributed by atoms with Crippen LogP contribution < -0.4 is 10.1 Å². The summed E-state index contributed by atoms with van der Waals surface area (Å²) < 4.78 is 5.35. The van der Waals surface area contributed by atoms with Gasteiger partial charge in [-0.15, -0.1) is 0 Å². The minimum atomic E-state index is -1.01. The molecule has 0 aliphatic rings. The SMILES string of the molecule is CCOc1ccc(NC(=O)[C@@H](CC(=O)O)Cc2ccc(Cl)cc2)cc1. The Morgan fingerprint density at radius 3 is 2.32 bits per heavy atom. The fourth-order valence-electron chi connectivity index (χ4n) is 2.42. The summed E-state index contributed by atoms with van der Waals surface area (Å²) >= 11 is 5.85. The fraction of sp³-hybridized carbons (Fsp3) is 0.263. The van der Waals surface area contributed by atoms with Crippen LogP contribution in [0.3, 0.4) is 0 Å². The molecule has 2 aromatic carbocycles. The number of carboxylic acids is 1. The predicted molar refractivity (Wildman–Crippen MR) is 97.1 cm³/mol. The molecule has 0 saturated carbocycles. The molecule has 0 aliphatic carbocycles. The Hall–Kier alpha value is -2.53. The van der Waals surface area contributed by atoms with E-state index in [1.165, 1.54) is 0 Å². The summed E-state index contributed by atoms with van der Waals surface area (Å²) in [6, 6.07) is 14.0. The normalized spacial score (nSPS) is 11.6. The highest BCUT2D eigenvalue weighted by atomic mass is 35.5. The van der Waals surface area contributed by atoms with Crippen LogP contribution >= 0.6 is 11.6 Å². The molecule has 0 spiro atoms. The summed E-state index contributed by atoms with van der Waals surface area (Å²) in [5, 5.41) is 12.5. The van der Waals surface area contributed by atoms with Gasteiger partial charge in [0, 0.05) is 10.7 Å². The molecule has 2 aromatic rings. The molecule has 0 radical (unpaired) electrons. The van der Waals surface area contributed by atoms with Gasteiger partial charge in [0.15, 0.2) is 0 Å². The smallest absolute Gasteiger partial charge is 0.304 e. The molecule has 2 N–H and O–H groups in total. The van der Waals surface area contributed by atoms with Gasteiger partial charge in [0.25, 0.3) is 0 Å². The van der Waals surface area contributed by atoms with E-state index in [-0.39, 0.29) is 12.3 Å². The summed E-state index contributed by atoms with van der Waals surface area (Å²) in [6.45, 7) is 2.45. The number of aliphatic carboxylic acids is 1. The van der Waals surface area contributed by atoms with E-state index in [0.717, 1.165) is 5.56 Å². The quantitative estimate of drug-likeness (QED) is 0.744. The molecule has 6 heteroatoms. The van der Waals surface area contributed by atoms with Crippen LogP contribution in [0.1, 0.15) is 18.9 Å². The average molecular weight is 362 g/mol. The first-order valence-corrected chi connectivity index (χ1v) is 8.35. The van der Waals surface area contributed by atoms with E-state index in [4.69, 9.17) is 21.4 Å². The number of amides is 1. The Bertz CT molecular complexity index is 713. The van der Waals surface area contributed by atoms with Crippen LogP contribution in [0.25, 0.3) is 0 Å². The Morgan fingerprint density at radius 1 is 1.12 bits per heavy atom. The number of hydrogen-bond acceptors (Lipinski definition) is 3. The molecule has 0 heterocycles. The number of nitrogens with one attached hydrogen (secondary N) is 1. The molecule has 0 unspecified atom stereocenters. The summed E-state index contributed by atoms with van der Waals surface area (Å²) in [6.07, 6.45) is 0.0812. The maximum atomic E-state index is 12.5. The third-order valence-corrected chi connectivity index (χ3v) is 3.87. The molecule has 0 aliphatic heterocycles. The second-order valence-corrected chi connectivity index (χ2v) is 6.01. The van der Waals surface area contributed by atoms with Gasteiger partial charge in [-0.2, -0.15) is 0 Å². The molecule has 0 aromatic heterocycles. The van der Waals surface area contributed by atoms with Gasteiger partial charge >= 0.3 is 5.97 Å². The van der Waals surface area contributed by atoms with Gasteiger partial charge in [0.2, 0.25) is 5.91 Å². The van der Waals surface area contributed by atoms with Crippen LogP contribution in [0.15, 0.2) is 48.5 Å². The van der Waals surface area contributed by atoms with Gasteiger partial charge in [-0.1, -0.05) is 23.7 Å². The van der Waals surface area contributed by atoms with Crippen LogP contribution in [0.5, 0.6) is 5.75 Å². The van der Waals surface area contributed by atoms with E-state index < -0.39 is 11.9 Å². The second kappa shape index (κ2) is 9.08. The molecule has 1 atom stereocenters. The number of carbonyl (C=O) groups is 2. The molecule has 0 saturated heterocycles. The first-order valence-electron chi connectivity index (χ1n) is 7.98. The molecule has 5 nitrogen and oxygen atoms in total. The minimum Gasteiger partial charge on any atom is -0.494 e. The van der Waals surface area contributed by atoms with Crippen LogP contribution in [-0.2, 0) is 16.0 Å². The van der Waals surface area contributed by atoms with E-state index in [1.807, 2.05) is 6.92 Å². The highest BCUT2D eigenvalue weighted by molar-refractivity contribution is 6.30. The van der Waals surface area contributed by atoms with Crippen LogP contribution in [0, 0.1) is 5.92 Å². The number of carbonyl (C=O) groups excluding carboxylic acids is 1. The van der Waals surface area contributed by atoms with Crippen molar-refractivity contribution in [1.29, 1.82) is 0 Å². The predicted octanol–water partition coefficient (Wildman–Crippen LogP) is 4.01.